The Bertz CT molecular complexity index is 342. The van der Waals surface area contributed by atoms with Crippen LogP contribution in [0.3, 0.4) is 0 Å². The number of aliphatic carboxylic acids is 1. The van der Waals surface area contributed by atoms with Crippen LogP contribution in [0, 0.1) is 17.8 Å². The number of hydrogen-bond donors (Lipinski definition) is 2. The molecule has 0 radical (unpaired) electrons. The van der Waals surface area contributed by atoms with Gasteiger partial charge in [0.1, 0.15) is 0 Å². The first-order valence-corrected chi connectivity index (χ1v) is 5.57. The second-order valence-electron chi connectivity index (χ2n) is 4.52. The van der Waals surface area contributed by atoms with Gasteiger partial charge in [-0.2, -0.15) is 0 Å². The lowest BCUT2D eigenvalue weighted by molar-refractivity contribution is -0.142. The molecule has 0 aliphatic heterocycles. The van der Waals surface area contributed by atoms with E-state index in [1.165, 1.54) is 4.90 Å². The Labute approximate surface area is 100.0 Å². The second kappa shape index (κ2) is 5.16. The summed E-state index contributed by atoms with van der Waals surface area (Å²) in [6.07, 6.45) is 0.410. The summed E-state index contributed by atoms with van der Waals surface area (Å²) in [5.74, 6) is -2.48. The average Bonchev–Trinajstić information content (AvgIpc) is 3.06. The molecule has 6 nitrogen and oxygen atoms in total. The highest BCUT2D eigenvalue weighted by Gasteiger charge is 2.49. The molecule has 0 aromatic heterocycles. The zero-order chi connectivity index (χ0) is 13.2. The van der Waals surface area contributed by atoms with Crippen molar-refractivity contribution in [2.24, 2.45) is 17.8 Å². The van der Waals surface area contributed by atoms with Crippen molar-refractivity contribution in [1.29, 1.82) is 0 Å². The standard InChI is InChI=1S/C11H18N2O4/c1-6(9(14)12-2)5-13(3)10(15)7-4-8(7)11(16)17/h6-8H,4-5H2,1-3H3,(H,12,14)(H,16,17). The fraction of sp³-hybridized carbons (Fsp3) is 0.727. The molecule has 1 aliphatic carbocycles. The van der Waals surface area contributed by atoms with Gasteiger partial charge in [0, 0.05) is 20.6 Å². The summed E-state index contributed by atoms with van der Waals surface area (Å²) in [6.45, 7) is 2.03. The molecular formula is C11H18N2O4. The first-order valence-electron chi connectivity index (χ1n) is 5.57. The fourth-order valence-electron chi connectivity index (χ4n) is 1.85. The number of hydrogen-bond acceptors (Lipinski definition) is 3. The summed E-state index contributed by atoms with van der Waals surface area (Å²) in [6, 6.07) is 0. The molecule has 3 unspecified atom stereocenters. The second-order valence-corrected chi connectivity index (χ2v) is 4.52. The molecule has 17 heavy (non-hydrogen) atoms. The summed E-state index contributed by atoms with van der Waals surface area (Å²) in [7, 11) is 3.14. The van der Waals surface area contributed by atoms with Crippen molar-refractivity contribution in [3.63, 3.8) is 0 Å². The Morgan fingerprint density at radius 3 is 2.41 bits per heavy atom. The molecule has 2 amide bonds. The Balaban J connectivity index is 2.44. The van der Waals surface area contributed by atoms with E-state index in [2.05, 4.69) is 5.32 Å². The van der Waals surface area contributed by atoms with E-state index in [-0.39, 0.29) is 17.7 Å². The van der Waals surface area contributed by atoms with Crippen LogP contribution < -0.4 is 5.32 Å². The van der Waals surface area contributed by atoms with Gasteiger partial charge in [-0.15, -0.1) is 0 Å². The zero-order valence-electron chi connectivity index (χ0n) is 10.3. The minimum atomic E-state index is -0.920. The highest BCUT2D eigenvalue weighted by Crippen LogP contribution is 2.39. The van der Waals surface area contributed by atoms with Gasteiger partial charge in [-0.25, -0.2) is 0 Å². The highest BCUT2D eigenvalue weighted by atomic mass is 16.4. The van der Waals surface area contributed by atoms with Crippen molar-refractivity contribution in [1.82, 2.24) is 10.2 Å². The predicted octanol–water partition coefficient (Wildman–Crippen LogP) is -0.452. The molecule has 0 saturated heterocycles. The molecule has 3 atom stereocenters. The third kappa shape index (κ3) is 3.18. The van der Waals surface area contributed by atoms with Gasteiger partial charge in [-0.05, 0) is 6.42 Å². The molecule has 6 heteroatoms. The highest BCUT2D eigenvalue weighted by molar-refractivity contribution is 5.89. The SMILES string of the molecule is CNC(=O)C(C)CN(C)C(=O)C1CC1C(=O)O. The van der Waals surface area contributed by atoms with Gasteiger partial charge in [0.15, 0.2) is 0 Å². The maximum atomic E-state index is 11.8. The van der Waals surface area contributed by atoms with E-state index < -0.39 is 17.8 Å². The molecule has 0 aromatic rings. The summed E-state index contributed by atoms with van der Waals surface area (Å²) in [5, 5.41) is 11.2. The average molecular weight is 242 g/mol. The van der Waals surface area contributed by atoms with Gasteiger partial charge in [0.05, 0.1) is 17.8 Å². The van der Waals surface area contributed by atoms with Crippen molar-refractivity contribution < 1.29 is 19.5 Å². The molecule has 1 saturated carbocycles. The third-order valence-electron chi connectivity index (χ3n) is 3.04. The molecule has 0 spiro atoms. The first kappa shape index (κ1) is 13.5. The van der Waals surface area contributed by atoms with Crippen molar-refractivity contribution in [3.8, 4) is 0 Å². The van der Waals surface area contributed by atoms with E-state index in [0.29, 0.717) is 13.0 Å². The van der Waals surface area contributed by atoms with Crippen molar-refractivity contribution in [2.75, 3.05) is 20.6 Å². The van der Waals surface area contributed by atoms with Crippen LogP contribution in [0.5, 0.6) is 0 Å². The smallest absolute Gasteiger partial charge is 0.307 e. The van der Waals surface area contributed by atoms with Gasteiger partial charge in [-0.1, -0.05) is 6.92 Å². The Morgan fingerprint density at radius 1 is 1.41 bits per heavy atom. The monoisotopic (exact) mass is 242 g/mol. The van der Waals surface area contributed by atoms with E-state index in [1.54, 1.807) is 21.0 Å². The summed E-state index contributed by atoms with van der Waals surface area (Å²) >= 11 is 0. The van der Waals surface area contributed by atoms with E-state index in [4.69, 9.17) is 5.11 Å². The number of amides is 2. The van der Waals surface area contributed by atoms with E-state index in [0.717, 1.165) is 0 Å². The van der Waals surface area contributed by atoms with E-state index in [1.807, 2.05) is 0 Å². The first-order chi connectivity index (χ1) is 7.88. The Hall–Kier alpha value is -1.59. The predicted molar refractivity (Wildman–Crippen MR) is 60.1 cm³/mol. The van der Waals surface area contributed by atoms with Gasteiger partial charge >= 0.3 is 5.97 Å². The number of carboxylic acids is 1. The molecular weight excluding hydrogens is 224 g/mol. The number of rotatable bonds is 5. The van der Waals surface area contributed by atoms with Crippen LogP contribution in [-0.2, 0) is 14.4 Å². The Kier molecular flexibility index (Phi) is 4.09. The topological polar surface area (TPSA) is 86.7 Å². The lowest BCUT2D eigenvalue weighted by atomic mass is 10.1. The van der Waals surface area contributed by atoms with Crippen molar-refractivity contribution >= 4 is 17.8 Å². The number of carboxylic acid groups (broad SMARTS) is 1. The molecule has 1 rings (SSSR count). The molecule has 0 heterocycles. The molecule has 1 aliphatic rings. The number of carbonyl (C=O) groups excluding carboxylic acids is 2. The molecule has 96 valence electrons. The number of carbonyl (C=O) groups is 3. The van der Waals surface area contributed by atoms with Crippen LogP contribution in [0.2, 0.25) is 0 Å². The van der Waals surface area contributed by atoms with Crippen LogP contribution in [-0.4, -0.2) is 48.4 Å². The maximum Gasteiger partial charge on any atom is 0.307 e. The largest absolute Gasteiger partial charge is 0.481 e. The molecule has 1 fully saturated rings. The van der Waals surface area contributed by atoms with Crippen LogP contribution >= 0.6 is 0 Å². The minimum absolute atomic E-state index is 0.129. The number of nitrogens with zero attached hydrogens (tertiary/aromatic N) is 1. The molecule has 2 N–H and O–H groups in total. The fourth-order valence-corrected chi connectivity index (χ4v) is 1.85. The molecule has 0 bridgehead atoms. The summed E-state index contributed by atoms with van der Waals surface area (Å²) in [5.41, 5.74) is 0. The summed E-state index contributed by atoms with van der Waals surface area (Å²) in [4.78, 5) is 35.2. The quantitative estimate of drug-likeness (QED) is 0.683. The van der Waals surface area contributed by atoms with Crippen LogP contribution in [0.25, 0.3) is 0 Å². The van der Waals surface area contributed by atoms with Gasteiger partial charge in [-0.3, -0.25) is 14.4 Å². The number of nitrogens with one attached hydrogen (secondary N) is 1. The van der Waals surface area contributed by atoms with Crippen molar-refractivity contribution in [3.05, 3.63) is 0 Å². The minimum Gasteiger partial charge on any atom is -0.481 e. The summed E-state index contributed by atoms with van der Waals surface area (Å²) < 4.78 is 0. The van der Waals surface area contributed by atoms with Crippen molar-refractivity contribution in [2.45, 2.75) is 13.3 Å². The van der Waals surface area contributed by atoms with E-state index in [9.17, 15) is 14.4 Å². The van der Waals surface area contributed by atoms with Gasteiger partial charge in [0.2, 0.25) is 11.8 Å². The van der Waals surface area contributed by atoms with Gasteiger partial charge < -0.3 is 15.3 Å². The van der Waals surface area contributed by atoms with Crippen LogP contribution in [0.4, 0.5) is 0 Å². The lowest BCUT2D eigenvalue weighted by Crippen LogP contribution is -2.38. The van der Waals surface area contributed by atoms with E-state index >= 15 is 0 Å². The van der Waals surface area contributed by atoms with Crippen LogP contribution in [0.1, 0.15) is 13.3 Å². The van der Waals surface area contributed by atoms with Gasteiger partial charge in [0.25, 0.3) is 0 Å². The Morgan fingerprint density at radius 2 is 2.00 bits per heavy atom. The molecule has 0 aromatic carbocycles. The lowest BCUT2D eigenvalue weighted by Gasteiger charge is -2.20. The zero-order valence-corrected chi connectivity index (χ0v) is 10.3. The third-order valence-corrected chi connectivity index (χ3v) is 3.04. The normalized spacial score (nSPS) is 23.7. The van der Waals surface area contributed by atoms with Crippen LogP contribution in [0.15, 0.2) is 0 Å². The maximum absolute atomic E-state index is 11.8.